The molecular formula is CH5LiO4Zn. The second kappa shape index (κ2) is 16.1. The molecule has 0 saturated carbocycles. The minimum atomic E-state index is -1.83. The van der Waals surface area contributed by atoms with Gasteiger partial charge in [0.2, 0.25) is 0 Å². The largest absolute Gasteiger partial charge is 0 e. The van der Waals surface area contributed by atoms with Crippen LogP contribution in [0.25, 0.3) is 0 Å². The van der Waals surface area contributed by atoms with E-state index < -0.39 is 6.16 Å². The van der Waals surface area contributed by atoms with Gasteiger partial charge in [-0.3, -0.25) is 0 Å². The van der Waals surface area contributed by atoms with Crippen LogP contribution in [-0.2, 0) is 19.5 Å². The molecular weight excluding hydrogens is 148 g/mol. The Balaban J connectivity index is -0.0000000150. The molecule has 0 heterocycles. The summed E-state index contributed by atoms with van der Waals surface area (Å²) >= 11 is 0. The van der Waals surface area contributed by atoms with Gasteiger partial charge in [0.1, 0.15) is 0 Å². The van der Waals surface area contributed by atoms with Gasteiger partial charge in [0.05, 0.1) is 0 Å². The number of carbonyl (C=O) groups is 1. The Morgan fingerprint density at radius 3 is 1.29 bits per heavy atom. The summed E-state index contributed by atoms with van der Waals surface area (Å²) in [4.78, 5) is 8.56. The van der Waals surface area contributed by atoms with Crippen molar-refractivity contribution in [1.29, 1.82) is 0 Å². The Morgan fingerprint density at radius 1 is 1.29 bits per heavy atom. The van der Waals surface area contributed by atoms with E-state index in [-0.39, 0.29) is 43.8 Å². The molecule has 0 unspecified atom stereocenters. The zero-order valence-corrected chi connectivity index (χ0v) is 5.98. The maximum Gasteiger partial charge on any atom is 0 e. The summed E-state index contributed by atoms with van der Waals surface area (Å²) in [6, 6.07) is 0. The van der Waals surface area contributed by atoms with E-state index in [1.165, 1.54) is 0 Å². The molecule has 4 nitrogen and oxygen atoms in total. The average molecular weight is 153 g/mol. The minimum absolute atomic E-state index is 0. The van der Waals surface area contributed by atoms with Crippen molar-refractivity contribution in [3.8, 4) is 0 Å². The summed E-state index contributed by atoms with van der Waals surface area (Å²) in [5, 5.41) is 13.9. The van der Waals surface area contributed by atoms with Gasteiger partial charge in [-0.1, -0.05) is 0 Å². The Bertz CT molecular complexity index is 34.7. The van der Waals surface area contributed by atoms with Crippen LogP contribution in [0.5, 0.6) is 0 Å². The summed E-state index contributed by atoms with van der Waals surface area (Å²) in [5.74, 6) is 0. The van der Waals surface area contributed by atoms with Crippen LogP contribution in [0.1, 0.15) is 0 Å². The molecule has 0 rings (SSSR count). The Labute approximate surface area is 65.2 Å². The fourth-order valence-electron chi connectivity index (χ4n) is 0. The Hall–Kier alpha value is 0.451. The predicted molar refractivity (Wildman–Crippen MR) is 21.4 cm³/mol. The van der Waals surface area contributed by atoms with Crippen LogP contribution in [-0.4, -0.2) is 40.7 Å². The minimum Gasteiger partial charge on any atom is 0 e. The van der Waals surface area contributed by atoms with Crippen LogP contribution in [0.2, 0.25) is 0 Å². The molecule has 4 N–H and O–H groups in total. The van der Waals surface area contributed by atoms with Crippen LogP contribution in [0.15, 0.2) is 0 Å². The van der Waals surface area contributed by atoms with Gasteiger partial charge < -0.3 is 15.7 Å². The topological polar surface area (TPSA) is 89.0 Å². The second-order valence-corrected chi connectivity index (χ2v) is 0.283. The SMILES string of the molecule is O.O=C(O)O.[LiH].[Zn]. The van der Waals surface area contributed by atoms with Crippen LogP contribution < -0.4 is 0 Å². The van der Waals surface area contributed by atoms with Gasteiger partial charge in [0.25, 0.3) is 0 Å². The average Bonchev–Trinajstić information content (AvgIpc) is 0.811. The van der Waals surface area contributed by atoms with Crippen molar-refractivity contribution in [3.05, 3.63) is 0 Å². The van der Waals surface area contributed by atoms with Gasteiger partial charge in [-0.05, 0) is 0 Å². The van der Waals surface area contributed by atoms with Crippen molar-refractivity contribution < 1.29 is 40.0 Å². The van der Waals surface area contributed by atoms with Gasteiger partial charge >= 0.3 is 25.0 Å². The summed E-state index contributed by atoms with van der Waals surface area (Å²) in [6.07, 6.45) is -1.83. The summed E-state index contributed by atoms with van der Waals surface area (Å²) in [6.45, 7) is 0. The standard InChI is InChI=1S/CH2O3.Li.H2O.Zn.H/c2-1(3)4;;;;/h(H2,2,3,4);;1H2;;. The van der Waals surface area contributed by atoms with Crippen molar-refractivity contribution in [3.63, 3.8) is 0 Å². The summed E-state index contributed by atoms with van der Waals surface area (Å²) in [5.41, 5.74) is 0. The van der Waals surface area contributed by atoms with Gasteiger partial charge in [-0.15, -0.1) is 0 Å². The second-order valence-electron chi connectivity index (χ2n) is 0.283. The fraction of sp³-hybridized carbons (Fsp3) is 0. The molecule has 0 aromatic heterocycles. The first kappa shape index (κ1) is 26.0. The molecule has 0 aliphatic heterocycles. The molecule has 36 valence electrons. The third kappa shape index (κ3) is 629. The first-order chi connectivity index (χ1) is 1.73. The number of hydrogen-bond donors (Lipinski definition) is 2. The van der Waals surface area contributed by atoms with Crippen LogP contribution in [0, 0.1) is 0 Å². The van der Waals surface area contributed by atoms with E-state index in [4.69, 9.17) is 15.0 Å². The van der Waals surface area contributed by atoms with Gasteiger partial charge in [-0.25, -0.2) is 4.79 Å². The molecule has 0 aliphatic carbocycles. The number of rotatable bonds is 0. The Kier molecular flexibility index (Phi) is 59.9. The molecule has 0 aromatic carbocycles. The van der Waals surface area contributed by atoms with E-state index in [0.717, 1.165) is 0 Å². The van der Waals surface area contributed by atoms with E-state index in [9.17, 15) is 0 Å². The molecule has 0 fully saturated rings. The smallest absolute Gasteiger partial charge is 0 e. The van der Waals surface area contributed by atoms with Crippen LogP contribution in [0.4, 0.5) is 4.79 Å². The van der Waals surface area contributed by atoms with Crippen LogP contribution in [0.3, 0.4) is 0 Å². The van der Waals surface area contributed by atoms with Gasteiger partial charge in [-0.2, -0.15) is 0 Å². The van der Waals surface area contributed by atoms with Gasteiger partial charge in [0.15, 0.2) is 0 Å². The normalized spacial score (nSPS) is 3.43. The van der Waals surface area contributed by atoms with E-state index in [1.54, 1.807) is 0 Å². The van der Waals surface area contributed by atoms with E-state index in [0.29, 0.717) is 0 Å². The predicted octanol–water partition coefficient (Wildman–Crippen LogP) is -1.25. The molecule has 6 heteroatoms. The molecule has 0 bridgehead atoms. The third-order valence-corrected chi connectivity index (χ3v) is 0. The van der Waals surface area contributed by atoms with E-state index >= 15 is 0 Å². The van der Waals surface area contributed by atoms with Crippen molar-refractivity contribution in [1.82, 2.24) is 0 Å². The fourth-order valence-corrected chi connectivity index (χ4v) is 0. The summed E-state index contributed by atoms with van der Waals surface area (Å²) < 4.78 is 0. The quantitative estimate of drug-likeness (QED) is 0.426. The van der Waals surface area contributed by atoms with Gasteiger partial charge in [0, 0.05) is 19.5 Å². The third-order valence-electron chi connectivity index (χ3n) is 0. The first-order valence-corrected chi connectivity index (χ1v) is 0.651. The number of hydrogen-bond acceptors (Lipinski definition) is 1. The molecule has 0 spiro atoms. The summed E-state index contributed by atoms with van der Waals surface area (Å²) in [7, 11) is 0. The number of carboxylic acid groups (broad SMARTS) is 2. The van der Waals surface area contributed by atoms with E-state index in [1.807, 2.05) is 0 Å². The maximum absolute atomic E-state index is 8.56. The molecule has 0 saturated heterocycles. The van der Waals surface area contributed by atoms with E-state index in [2.05, 4.69) is 0 Å². The molecule has 0 amide bonds. The van der Waals surface area contributed by atoms with Crippen LogP contribution >= 0.6 is 0 Å². The molecule has 7 heavy (non-hydrogen) atoms. The monoisotopic (exact) mass is 152 g/mol. The Morgan fingerprint density at radius 2 is 1.29 bits per heavy atom. The molecule has 0 aromatic rings. The maximum atomic E-state index is 8.56. The van der Waals surface area contributed by atoms with Crippen molar-refractivity contribution in [2.45, 2.75) is 0 Å². The zero-order chi connectivity index (χ0) is 3.58. The van der Waals surface area contributed by atoms with Crippen molar-refractivity contribution in [2.75, 3.05) is 0 Å². The first-order valence-electron chi connectivity index (χ1n) is 0.651. The van der Waals surface area contributed by atoms with Crippen molar-refractivity contribution in [2.24, 2.45) is 0 Å². The molecule has 0 atom stereocenters. The van der Waals surface area contributed by atoms with Crippen molar-refractivity contribution >= 4 is 25.0 Å². The molecule has 0 radical (unpaired) electrons. The zero-order valence-electron chi connectivity index (χ0n) is 3.01. The molecule has 0 aliphatic rings.